The fraction of sp³-hybridized carbons (Fsp3) is 0. The van der Waals surface area contributed by atoms with Crippen LogP contribution in [0.15, 0.2) is 40.3 Å². The van der Waals surface area contributed by atoms with E-state index in [1.807, 2.05) is 11.4 Å². The zero-order valence-corrected chi connectivity index (χ0v) is 13.4. The molecular weight excluding hydrogens is 367 g/mol. The molecular formula is C15H8BrFN4S. The standard InChI is InChI=1S/C15H8BrFN4S/c16-13-11(19)6-12(21-14(13)15-20-1-2-22-15)9-3-8(7-18)4-10(17)5-9/h1-6H,(H2,19,21). The number of nitrogens with two attached hydrogens (primary N) is 1. The minimum atomic E-state index is -0.492. The maximum Gasteiger partial charge on any atom is 0.143 e. The highest BCUT2D eigenvalue weighted by Crippen LogP contribution is 2.35. The van der Waals surface area contributed by atoms with Crippen LogP contribution in [0.2, 0.25) is 0 Å². The number of aromatic nitrogens is 2. The van der Waals surface area contributed by atoms with Crippen molar-refractivity contribution in [3.63, 3.8) is 0 Å². The summed E-state index contributed by atoms with van der Waals surface area (Å²) in [6.45, 7) is 0. The van der Waals surface area contributed by atoms with Crippen molar-refractivity contribution in [2.75, 3.05) is 5.73 Å². The first-order valence-electron chi connectivity index (χ1n) is 6.15. The van der Waals surface area contributed by atoms with Gasteiger partial charge in [-0.2, -0.15) is 5.26 Å². The van der Waals surface area contributed by atoms with E-state index in [4.69, 9.17) is 11.0 Å². The Morgan fingerprint density at radius 1 is 1.27 bits per heavy atom. The van der Waals surface area contributed by atoms with E-state index in [2.05, 4.69) is 25.9 Å². The van der Waals surface area contributed by atoms with Gasteiger partial charge in [-0.3, -0.25) is 0 Å². The van der Waals surface area contributed by atoms with Crippen molar-refractivity contribution >= 4 is 33.0 Å². The number of hydrogen-bond donors (Lipinski definition) is 1. The molecule has 0 aliphatic heterocycles. The van der Waals surface area contributed by atoms with Crippen LogP contribution in [0.5, 0.6) is 0 Å². The largest absolute Gasteiger partial charge is 0.398 e. The molecule has 0 amide bonds. The molecule has 0 aliphatic rings. The first kappa shape index (κ1) is 14.6. The van der Waals surface area contributed by atoms with Crippen molar-refractivity contribution in [2.45, 2.75) is 0 Å². The minimum absolute atomic E-state index is 0.231. The van der Waals surface area contributed by atoms with E-state index < -0.39 is 5.82 Å². The van der Waals surface area contributed by atoms with Crippen LogP contribution in [0, 0.1) is 17.1 Å². The number of pyridine rings is 1. The Morgan fingerprint density at radius 3 is 2.77 bits per heavy atom. The van der Waals surface area contributed by atoms with Crippen LogP contribution in [0.25, 0.3) is 22.0 Å². The molecule has 2 heterocycles. The van der Waals surface area contributed by atoms with Gasteiger partial charge in [-0.05, 0) is 40.2 Å². The van der Waals surface area contributed by atoms with E-state index in [1.54, 1.807) is 18.3 Å². The lowest BCUT2D eigenvalue weighted by atomic mass is 10.1. The van der Waals surface area contributed by atoms with Crippen molar-refractivity contribution in [1.29, 1.82) is 5.26 Å². The van der Waals surface area contributed by atoms with E-state index >= 15 is 0 Å². The Labute approximate surface area is 138 Å². The molecule has 4 nitrogen and oxygen atoms in total. The number of nitrogens with zero attached hydrogens (tertiary/aromatic N) is 3. The van der Waals surface area contributed by atoms with Gasteiger partial charge < -0.3 is 5.73 Å². The van der Waals surface area contributed by atoms with Crippen LogP contribution in [0.3, 0.4) is 0 Å². The number of anilines is 1. The molecule has 2 N–H and O–H groups in total. The van der Waals surface area contributed by atoms with Gasteiger partial charge in [-0.15, -0.1) is 11.3 Å². The second-order valence-electron chi connectivity index (χ2n) is 4.44. The Bertz CT molecular complexity index is 887. The fourth-order valence-electron chi connectivity index (χ4n) is 1.98. The van der Waals surface area contributed by atoms with E-state index in [0.717, 1.165) is 0 Å². The Morgan fingerprint density at radius 2 is 2.09 bits per heavy atom. The molecule has 0 bridgehead atoms. The molecule has 0 saturated carbocycles. The normalized spacial score (nSPS) is 10.4. The van der Waals surface area contributed by atoms with Crippen LogP contribution >= 0.6 is 27.3 Å². The van der Waals surface area contributed by atoms with Crippen molar-refractivity contribution < 1.29 is 4.39 Å². The number of rotatable bonds is 2. The molecule has 0 aliphatic carbocycles. The monoisotopic (exact) mass is 374 g/mol. The third kappa shape index (κ3) is 2.71. The summed E-state index contributed by atoms with van der Waals surface area (Å²) < 4.78 is 14.3. The molecule has 3 rings (SSSR count). The summed E-state index contributed by atoms with van der Waals surface area (Å²) in [6.07, 6.45) is 1.67. The Balaban J connectivity index is 2.21. The molecule has 7 heteroatoms. The summed E-state index contributed by atoms with van der Waals surface area (Å²) in [4.78, 5) is 8.73. The lowest BCUT2D eigenvalue weighted by Crippen LogP contribution is -1.96. The van der Waals surface area contributed by atoms with Crippen LogP contribution in [-0.2, 0) is 0 Å². The number of benzene rings is 1. The fourth-order valence-corrected chi connectivity index (χ4v) is 3.14. The second kappa shape index (κ2) is 5.83. The van der Waals surface area contributed by atoms with Crippen LogP contribution in [-0.4, -0.2) is 9.97 Å². The number of hydrogen-bond acceptors (Lipinski definition) is 5. The smallest absolute Gasteiger partial charge is 0.143 e. The molecule has 2 aromatic heterocycles. The molecule has 0 radical (unpaired) electrons. The first-order chi connectivity index (χ1) is 10.6. The molecule has 1 aromatic carbocycles. The summed E-state index contributed by atoms with van der Waals surface area (Å²) in [5.74, 6) is -0.492. The van der Waals surface area contributed by atoms with Gasteiger partial charge in [0.1, 0.15) is 16.5 Å². The predicted octanol–water partition coefficient (Wildman–Crippen LogP) is 4.23. The minimum Gasteiger partial charge on any atom is -0.398 e. The van der Waals surface area contributed by atoms with Crippen LogP contribution in [0.1, 0.15) is 5.56 Å². The van der Waals surface area contributed by atoms with Gasteiger partial charge in [0.05, 0.1) is 27.5 Å². The average molecular weight is 375 g/mol. The molecule has 0 atom stereocenters. The van der Waals surface area contributed by atoms with Gasteiger partial charge >= 0.3 is 0 Å². The van der Waals surface area contributed by atoms with Crippen molar-refractivity contribution in [1.82, 2.24) is 9.97 Å². The van der Waals surface area contributed by atoms with Gasteiger partial charge in [-0.25, -0.2) is 14.4 Å². The number of nitriles is 1. The summed E-state index contributed by atoms with van der Waals surface area (Å²) in [5.41, 5.74) is 8.28. The topological polar surface area (TPSA) is 75.6 Å². The highest BCUT2D eigenvalue weighted by Gasteiger charge is 2.14. The third-order valence-corrected chi connectivity index (χ3v) is 4.56. The molecule has 108 valence electrons. The summed E-state index contributed by atoms with van der Waals surface area (Å²) in [5, 5.41) is 11.5. The maximum atomic E-state index is 13.6. The van der Waals surface area contributed by atoms with Gasteiger partial charge in [-0.1, -0.05) is 0 Å². The van der Waals surface area contributed by atoms with Crippen molar-refractivity contribution in [3.05, 3.63) is 51.7 Å². The number of thiazole rings is 1. The Hall–Kier alpha value is -2.30. The van der Waals surface area contributed by atoms with Crippen molar-refractivity contribution in [2.24, 2.45) is 0 Å². The van der Waals surface area contributed by atoms with E-state index in [-0.39, 0.29) is 5.56 Å². The van der Waals surface area contributed by atoms with Crippen LogP contribution < -0.4 is 5.73 Å². The molecule has 0 spiro atoms. The second-order valence-corrected chi connectivity index (χ2v) is 6.12. The van der Waals surface area contributed by atoms with Crippen LogP contribution in [0.4, 0.5) is 10.1 Å². The predicted molar refractivity (Wildman–Crippen MR) is 87.6 cm³/mol. The molecule has 0 saturated heterocycles. The molecule has 22 heavy (non-hydrogen) atoms. The summed E-state index contributed by atoms with van der Waals surface area (Å²) in [7, 11) is 0. The lowest BCUT2D eigenvalue weighted by molar-refractivity contribution is 0.628. The first-order valence-corrected chi connectivity index (χ1v) is 7.82. The van der Waals surface area contributed by atoms with Crippen molar-refractivity contribution in [3.8, 4) is 28.0 Å². The van der Waals surface area contributed by atoms with E-state index in [9.17, 15) is 4.39 Å². The quantitative estimate of drug-likeness (QED) is 0.728. The van der Waals surface area contributed by atoms with Gasteiger partial charge in [0.25, 0.3) is 0 Å². The zero-order valence-electron chi connectivity index (χ0n) is 11.0. The molecule has 0 fully saturated rings. The number of halogens is 2. The van der Waals surface area contributed by atoms with Gasteiger partial charge in [0, 0.05) is 17.1 Å². The molecule has 0 unspecified atom stereocenters. The number of nitrogen functional groups attached to an aromatic ring is 1. The lowest BCUT2D eigenvalue weighted by Gasteiger charge is -2.09. The van der Waals surface area contributed by atoms with E-state index in [1.165, 1.54) is 23.5 Å². The van der Waals surface area contributed by atoms with E-state index in [0.29, 0.717) is 32.1 Å². The summed E-state index contributed by atoms with van der Waals surface area (Å²) >= 11 is 4.83. The highest BCUT2D eigenvalue weighted by atomic mass is 79.9. The summed E-state index contributed by atoms with van der Waals surface area (Å²) in [6, 6.07) is 7.63. The maximum absolute atomic E-state index is 13.6. The third-order valence-electron chi connectivity index (χ3n) is 2.94. The SMILES string of the molecule is N#Cc1cc(F)cc(-c2cc(N)c(Br)c(-c3nccs3)n2)c1. The molecule has 3 aromatic rings. The zero-order chi connectivity index (χ0) is 15.7. The Kier molecular flexibility index (Phi) is 3.88. The van der Waals surface area contributed by atoms with Gasteiger partial charge in [0.15, 0.2) is 0 Å². The highest BCUT2D eigenvalue weighted by molar-refractivity contribution is 9.10. The van der Waals surface area contributed by atoms with Gasteiger partial charge in [0.2, 0.25) is 0 Å². The average Bonchev–Trinajstić information content (AvgIpc) is 3.03.